The molecule has 106 valence electrons. The van der Waals surface area contributed by atoms with E-state index in [2.05, 4.69) is 27.8 Å². The topological polar surface area (TPSA) is 38.5 Å². The number of hydrogen-bond donors (Lipinski definition) is 1. The van der Waals surface area contributed by atoms with E-state index in [1.807, 2.05) is 6.07 Å². The average molecular weight is 331 g/mol. The van der Waals surface area contributed by atoms with Crippen LogP contribution < -0.4 is 5.73 Å². The van der Waals surface area contributed by atoms with Gasteiger partial charge in [-0.25, -0.2) is 4.39 Å². The van der Waals surface area contributed by atoms with Gasteiger partial charge in [0.2, 0.25) is 0 Å². The summed E-state index contributed by atoms with van der Waals surface area (Å²) < 4.78 is 19.8. The third kappa shape index (κ3) is 3.75. The van der Waals surface area contributed by atoms with Gasteiger partial charge in [0.05, 0.1) is 10.6 Å². The maximum atomic E-state index is 13.7. The highest BCUT2D eigenvalue weighted by Gasteiger charge is 2.23. The van der Waals surface area contributed by atoms with E-state index in [9.17, 15) is 4.39 Å². The molecule has 0 bridgehead atoms. The lowest BCUT2D eigenvalue weighted by Gasteiger charge is -2.31. The second-order valence-electron chi connectivity index (χ2n) is 4.95. The zero-order chi connectivity index (χ0) is 13.8. The fourth-order valence-electron chi connectivity index (χ4n) is 2.53. The van der Waals surface area contributed by atoms with Crippen LogP contribution in [-0.2, 0) is 4.74 Å². The van der Waals surface area contributed by atoms with Gasteiger partial charge in [0.15, 0.2) is 0 Å². The highest BCUT2D eigenvalue weighted by Crippen LogP contribution is 2.25. The Morgan fingerprint density at radius 1 is 1.58 bits per heavy atom. The van der Waals surface area contributed by atoms with Crippen molar-refractivity contribution in [3.05, 3.63) is 34.1 Å². The summed E-state index contributed by atoms with van der Waals surface area (Å²) in [6, 6.07) is 5.29. The Labute approximate surface area is 122 Å². The van der Waals surface area contributed by atoms with Crippen molar-refractivity contribution in [1.29, 1.82) is 0 Å². The maximum absolute atomic E-state index is 13.7. The van der Waals surface area contributed by atoms with Gasteiger partial charge in [0.1, 0.15) is 5.82 Å². The zero-order valence-electron chi connectivity index (χ0n) is 11.1. The lowest BCUT2D eigenvalue weighted by Crippen LogP contribution is -2.37. The maximum Gasteiger partial charge on any atom is 0.137 e. The molecular formula is C14H20BrFN2O. The van der Waals surface area contributed by atoms with Crippen LogP contribution in [-0.4, -0.2) is 37.2 Å². The zero-order valence-corrected chi connectivity index (χ0v) is 12.7. The molecule has 0 radical (unpaired) electrons. The largest absolute Gasteiger partial charge is 0.377 e. The molecule has 5 heteroatoms. The van der Waals surface area contributed by atoms with Crippen LogP contribution in [0.2, 0.25) is 0 Å². The van der Waals surface area contributed by atoms with Gasteiger partial charge in [-0.05, 0) is 47.0 Å². The van der Waals surface area contributed by atoms with Crippen molar-refractivity contribution in [2.24, 2.45) is 5.73 Å². The van der Waals surface area contributed by atoms with Crippen molar-refractivity contribution in [3.8, 4) is 0 Å². The minimum absolute atomic E-state index is 0.0479. The fraction of sp³-hybridized carbons (Fsp3) is 0.571. The fourth-order valence-corrected chi connectivity index (χ4v) is 2.77. The van der Waals surface area contributed by atoms with Gasteiger partial charge in [-0.15, -0.1) is 0 Å². The van der Waals surface area contributed by atoms with Crippen LogP contribution >= 0.6 is 15.9 Å². The summed E-state index contributed by atoms with van der Waals surface area (Å²) in [4.78, 5) is 2.29. The summed E-state index contributed by atoms with van der Waals surface area (Å²) in [5.74, 6) is -0.241. The third-order valence-electron chi connectivity index (χ3n) is 3.48. The summed E-state index contributed by atoms with van der Waals surface area (Å²) in [6.45, 7) is 5.09. The third-order valence-corrected chi connectivity index (χ3v) is 4.12. The first kappa shape index (κ1) is 14.9. The van der Waals surface area contributed by atoms with E-state index in [1.165, 1.54) is 0 Å². The van der Waals surface area contributed by atoms with Crippen LogP contribution in [0.3, 0.4) is 0 Å². The van der Waals surface area contributed by atoms with Gasteiger partial charge < -0.3 is 10.5 Å². The highest BCUT2D eigenvalue weighted by atomic mass is 79.9. The molecule has 2 rings (SSSR count). The molecule has 0 aromatic heterocycles. The Morgan fingerprint density at radius 2 is 2.37 bits per heavy atom. The van der Waals surface area contributed by atoms with Crippen LogP contribution in [0, 0.1) is 5.82 Å². The van der Waals surface area contributed by atoms with Gasteiger partial charge in [0, 0.05) is 32.3 Å². The first-order valence-corrected chi connectivity index (χ1v) is 7.41. The van der Waals surface area contributed by atoms with Gasteiger partial charge >= 0.3 is 0 Å². The van der Waals surface area contributed by atoms with Crippen molar-refractivity contribution in [1.82, 2.24) is 4.90 Å². The minimum Gasteiger partial charge on any atom is -0.377 e. The summed E-state index contributed by atoms with van der Waals surface area (Å²) in [6.07, 6.45) is 1.18. The van der Waals surface area contributed by atoms with Gasteiger partial charge in [-0.1, -0.05) is 6.07 Å². The van der Waals surface area contributed by atoms with Crippen LogP contribution in [0.4, 0.5) is 4.39 Å². The molecule has 0 amide bonds. The number of ether oxygens (including phenoxy) is 1. The van der Waals surface area contributed by atoms with E-state index in [0.29, 0.717) is 11.0 Å². The van der Waals surface area contributed by atoms with Crippen LogP contribution in [0.15, 0.2) is 22.7 Å². The Hall–Kier alpha value is -0.490. The van der Waals surface area contributed by atoms with Crippen LogP contribution in [0.25, 0.3) is 0 Å². The van der Waals surface area contributed by atoms with Gasteiger partial charge in [0.25, 0.3) is 0 Å². The van der Waals surface area contributed by atoms with E-state index in [4.69, 9.17) is 10.5 Å². The second-order valence-corrected chi connectivity index (χ2v) is 5.81. The SMILES string of the molecule is CC1CN(C(CN)c2ccc(Br)c(F)c2)CCCO1. The van der Waals surface area contributed by atoms with E-state index >= 15 is 0 Å². The minimum atomic E-state index is -0.241. The lowest BCUT2D eigenvalue weighted by molar-refractivity contribution is 0.0611. The Morgan fingerprint density at radius 3 is 3.05 bits per heavy atom. The molecule has 1 aromatic rings. The van der Waals surface area contributed by atoms with E-state index < -0.39 is 0 Å². The molecule has 0 aliphatic carbocycles. The van der Waals surface area contributed by atoms with Gasteiger partial charge in [-0.3, -0.25) is 4.90 Å². The first-order valence-electron chi connectivity index (χ1n) is 6.62. The Kier molecular flexibility index (Phi) is 5.33. The molecule has 1 aromatic carbocycles. The van der Waals surface area contributed by atoms with E-state index in [0.717, 1.165) is 31.7 Å². The normalized spacial score (nSPS) is 23.1. The van der Waals surface area contributed by atoms with Crippen molar-refractivity contribution >= 4 is 15.9 Å². The van der Waals surface area contributed by atoms with Crippen molar-refractivity contribution in [3.63, 3.8) is 0 Å². The summed E-state index contributed by atoms with van der Waals surface area (Å²) >= 11 is 3.18. The number of halogens is 2. The molecule has 1 fully saturated rings. The van der Waals surface area contributed by atoms with Gasteiger partial charge in [-0.2, -0.15) is 0 Å². The highest BCUT2D eigenvalue weighted by molar-refractivity contribution is 9.10. The van der Waals surface area contributed by atoms with E-state index in [1.54, 1.807) is 12.1 Å². The summed E-state index contributed by atoms with van der Waals surface area (Å²) in [7, 11) is 0. The summed E-state index contributed by atoms with van der Waals surface area (Å²) in [5, 5.41) is 0. The smallest absolute Gasteiger partial charge is 0.137 e. The van der Waals surface area contributed by atoms with Crippen LogP contribution in [0.1, 0.15) is 24.9 Å². The molecule has 2 unspecified atom stereocenters. The van der Waals surface area contributed by atoms with E-state index in [-0.39, 0.29) is 18.0 Å². The number of hydrogen-bond acceptors (Lipinski definition) is 3. The molecule has 1 saturated heterocycles. The molecule has 1 aliphatic rings. The lowest BCUT2D eigenvalue weighted by atomic mass is 10.0. The van der Waals surface area contributed by atoms with Crippen molar-refractivity contribution in [2.45, 2.75) is 25.5 Å². The molecule has 2 atom stereocenters. The standard InChI is InChI=1S/C14H20BrFN2O/c1-10-9-18(5-2-6-19-10)14(8-17)11-3-4-12(15)13(16)7-11/h3-4,7,10,14H,2,5-6,8-9,17H2,1H3. The predicted molar refractivity (Wildman–Crippen MR) is 77.5 cm³/mol. The second kappa shape index (κ2) is 6.79. The Balaban J connectivity index is 2.20. The summed E-state index contributed by atoms with van der Waals surface area (Å²) in [5.41, 5.74) is 6.83. The van der Waals surface area contributed by atoms with Crippen molar-refractivity contribution in [2.75, 3.05) is 26.2 Å². The number of nitrogens with two attached hydrogens (primary N) is 1. The first-order chi connectivity index (χ1) is 9.11. The number of rotatable bonds is 3. The quantitative estimate of drug-likeness (QED) is 0.926. The van der Waals surface area contributed by atoms with Crippen LogP contribution in [0.5, 0.6) is 0 Å². The number of benzene rings is 1. The van der Waals surface area contributed by atoms with Crippen molar-refractivity contribution < 1.29 is 9.13 Å². The predicted octanol–water partition coefficient (Wildman–Crippen LogP) is 2.70. The Bertz CT molecular complexity index is 430. The molecule has 3 nitrogen and oxygen atoms in total. The molecule has 2 N–H and O–H groups in total. The molecule has 1 heterocycles. The molecule has 0 saturated carbocycles. The number of nitrogens with zero attached hydrogens (tertiary/aromatic N) is 1. The molecule has 0 spiro atoms. The monoisotopic (exact) mass is 330 g/mol. The molecule has 19 heavy (non-hydrogen) atoms. The molecule has 1 aliphatic heterocycles. The molecular weight excluding hydrogens is 311 g/mol. The average Bonchev–Trinajstić information content (AvgIpc) is 2.59.